The van der Waals surface area contributed by atoms with Gasteiger partial charge in [-0.1, -0.05) is 6.07 Å². The second kappa shape index (κ2) is 7.45. The van der Waals surface area contributed by atoms with Gasteiger partial charge < -0.3 is 9.80 Å². The van der Waals surface area contributed by atoms with Crippen molar-refractivity contribution in [1.82, 2.24) is 14.9 Å². The molecule has 0 aliphatic carbocycles. The minimum atomic E-state index is -4.56. The predicted octanol–water partition coefficient (Wildman–Crippen LogP) is 2.66. The summed E-state index contributed by atoms with van der Waals surface area (Å²) in [5.41, 5.74) is -0.938. The van der Waals surface area contributed by atoms with E-state index in [9.17, 15) is 26.7 Å². The average Bonchev–Trinajstić information content (AvgIpc) is 2.63. The maximum Gasteiger partial charge on any atom is 0.433 e. The van der Waals surface area contributed by atoms with Gasteiger partial charge in [0, 0.05) is 38.3 Å². The molecular formula is C17H15F5N4O. The first kappa shape index (κ1) is 19.0. The summed E-state index contributed by atoms with van der Waals surface area (Å²) in [5, 5.41) is 0. The SMILES string of the molecule is O=C(Cc1ccc(F)cc1F)N1CCN(c2cc(C(F)(F)F)ncn2)CC1. The number of hydrogen-bond acceptors (Lipinski definition) is 4. The smallest absolute Gasteiger partial charge is 0.353 e. The quantitative estimate of drug-likeness (QED) is 0.762. The standard InChI is InChI=1S/C17H15F5N4O/c18-12-2-1-11(13(19)8-12)7-16(27)26-5-3-25(4-6-26)15-9-14(17(20,21)22)23-10-24-15/h1-2,8-10H,3-7H2. The molecule has 5 nitrogen and oxygen atoms in total. The van der Waals surface area contributed by atoms with Crippen LogP contribution in [-0.4, -0.2) is 47.0 Å². The van der Waals surface area contributed by atoms with Crippen LogP contribution in [0.15, 0.2) is 30.6 Å². The highest BCUT2D eigenvalue weighted by Crippen LogP contribution is 2.29. The molecule has 1 aromatic heterocycles. The zero-order valence-corrected chi connectivity index (χ0v) is 14.0. The molecule has 0 N–H and O–H groups in total. The Morgan fingerprint density at radius 1 is 1.04 bits per heavy atom. The van der Waals surface area contributed by atoms with E-state index in [-0.39, 0.29) is 49.9 Å². The molecule has 10 heteroatoms. The van der Waals surface area contributed by atoms with E-state index in [1.807, 2.05) is 0 Å². The summed E-state index contributed by atoms with van der Waals surface area (Å²) in [6.45, 7) is 1.08. The minimum Gasteiger partial charge on any atom is -0.353 e. The molecule has 1 aliphatic heterocycles. The number of amides is 1. The predicted molar refractivity (Wildman–Crippen MR) is 85.9 cm³/mol. The van der Waals surface area contributed by atoms with Crippen molar-refractivity contribution in [2.24, 2.45) is 0 Å². The summed E-state index contributed by atoms with van der Waals surface area (Å²) < 4.78 is 64.9. The van der Waals surface area contributed by atoms with E-state index in [0.29, 0.717) is 6.07 Å². The number of carbonyl (C=O) groups is 1. The van der Waals surface area contributed by atoms with Crippen LogP contribution in [0.5, 0.6) is 0 Å². The summed E-state index contributed by atoms with van der Waals surface area (Å²) >= 11 is 0. The van der Waals surface area contributed by atoms with Crippen molar-refractivity contribution in [3.8, 4) is 0 Å². The molecule has 0 radical (unpaired) electrons. The van der Waals surface area contributed by atoms with Gasteiger partial charge in [0.1, 0.15) is 29.5 Å². The number of carbonyl (C=O) groups excluding carboxylic acids is 1. The highest BCUT2D eigenvalue weighted by molar-refractivity contribution is 5.79. The van der Waals surface area contributed by atoms with Gasteiger partial charge in [-0.2, -0.15) is 13.2 Å². The third-order valence-electron chi connectivity index (χ3n) is 4.26. The normalized spacial score (nSPS) is 15.1. The maximum atomic E-state index is 13.7. The van der Waals surface area contributed by atoms with E-state index in [4.69, 9.17) is 0 Å². The van der Waals surface area contributed by atoms with Gasteiger partial charge in [0.15, 0.2) is 0 Å². The molecule has 0 atom stereocenters. The lowest BCUT2D eigenvalue weighted by Crippen LogP contribution is -2.49. The van der Waals surface area contributed by atoms with Gasteiger partial charge in [-0.15, -0.1) is 0 Å². The van der Waals surface area contributed by atoms with Crippen LogP contribution >= 0.6 is 0 Å². The third-order valence-corrected chi connectivity index (χ3v) is 4.26. The molecule has 1 saturated heterocycles. The van der Waals surface area contributed by atoms with Crippen molar-refractivity contribution >= 4 is 11.7 Å². The molecule has 0 spiro atoms. The molecule has 0 saturated carbocycles. The molecule has 1 aromatic carbocycles. The number of nitrogens with zero attached hydrogens (tertiary/aromatic N) is 4. The van der Waals surface area contributed by atoms with Crippen LogP contribution in [0.1, 0.15) is 11.3 Å². The van der Waals surface area contributed by atoms with E-state index in [2.05, 4.69) is 9.97 Å². The first-order valence-corrected chi connectivity index (χ1v) is 8.10. The zero-order valence-electron chi connectivity index (χ0n) is 14.0. The van der Waals surface area contributed by atoms with Crippen molar-refractivity contribution in [1.29, 1.82) is 0 Å². The van der Waals surface area contributed by atoms with Gasteiger partial charge in [0.2, 0.25) is 5.91 Å². The molecule has 27 heavy (non-hydrogen) atoms. The van der Waals surface area contributed by atoms with Crippen LogP contribution in [0.3, 0.4) is 0 Å². The van der Waals surface area contributed by atoms with Gasteiger partial charge in [-0.3, -0.25) is 4.79 Å². The lowest BCUT2D eigenvalue weighted by Gasteiger charge is -2.35. The molecule has 3 rings (SSSR count). The van der Waals surface area contributed by atoms with Crippen molar-refractivity contribution in [3.63, 3.8) is 0 Å². The number of alkyl halides is 3. The molecule has 2 heterocycles. The Hall–Kier alpha value is -2.78. The van der Waals surface area contributed by atoms with E-state index < -0.39 is 23.5 Å². The second-order valence-corrected chi connectivity index (χ2v) is 6.04. The highest BCUT2D eigenvalue weighted by Gasteiger charge is 2.33. The summed E-state index contributed by atoms with van der Waals surface area (Å²) in [7, 11) is 0. The molecular weight excluding hydrogens is 371 g/mol. The summed E-state index contributed by atoms with van der Waals surface area (Å²) in [4.78, 5) is 22.5. The van der Waals surface area contributed by atoms with Crippen molar-refractivity contribution < 1.29 is 26.7 Å². The van der Waals surface area contributed by atoms with Gasteiger partial charge >= 0.3 is 6.18 Å². The Morgan fingerprint density at radius 3 is 2.37 bits per heavy atom. The van der Waals surface area contributed by atoms with E-state index in [1.165, 1.54) is 11.0 Å². The fraction of sp³-hybridized carbons (Fsp3) is 0.353. The maximum absolute atomic E-state index is 13.7. The Kier molecular flexibility index (Phi) is 5.24. The fourth-order valence-corrected chi connectivity index (χ4v) is 2.80. The number of rotatable bonds is 3. The zero-order chi connectivity index (χ0) is 19.6. The molecule has 0 bridgehead atoms. The highest BCUT2D eigenvalue weighted by atomic mass is 19.4. The number of piperazine rings is 1. The van der Waals surface area contributed by atoms with Crippen LogP contribution in [0.4, 0.5) is 27.8 Å². The third kappa shape index (κ3) is 4.50. The molecule has 1 amide bonds. The number of anilines is 1. The number of aromatic nitrogens is 2. The number of halogens is 5. The van der Waals surface area contributed by atoms with Crippen LogP contribution in [-0.2, 0) is 17.4 Å². The minimum absolute atomic E-state index is 0.0921. The largest absolute Gasteiger partial charge is 0.433 e. The Bertz CT molecular complexity index is 834. The van der Waals surface area contributed by atoms with Gasteiger partial charge in [-0.05, 0) is 11.6 Å². The Morgan fingerprint density at radius 2 is 1.74 bits per heavy atom. The second-order valence-electron chi connectivity index (χ2n) is 6.04. The van der Waals surface area contributed by atoms with Crippen molar-refractivity contribution in [2.45, 2.75) is 12.6 Å². The lowest BCUT2D eigenvalue weighted by molar-refractivity contribution is -0.141. The summed E-state index contributed by atoms with van der Waals surface area (Å²) in [6.07, 6.45) is -3.92. The van der Waals surface area contributed by atoms with Crippen LogP contribution in [0, 0.1) is 11.6 Å². The molecule has 2 aromatic rings. The average molecular weight is 386 g/mol. The molecule has 1 aliphatic rings. The topological polar surface area (TPSA) is 49.3 Å². The molecule has 1 fully saturated rings. The summed E-state index contributed by atoms with van der Waals surface area (Å²) in [6, 6.07) is 3.88. The first-order valence-electron chi connectivity index (χ1n) is 8.10. The molecule has 144 valence electrons. The van der Waals surface area contributed by atoms with Gasteiger partial charge in [0.05, 0.1) is 6.42 Å². The van der Waals surface area contributed by atoms with Crippen molar-refractivity contribution in [2.75, 3.05) is 31.1 Å². The summed E-state index contributed by atoms with van der Waals surface area (Å²) in [5.74, 6) is -1.71. The van der Waals surface area contributed by atoms with E-state index >= 15 is 0 Å². The van der Waals surface area contributed by atoms with Gasteiger partial charge in [0.25, 0.3) is 0 Å². The van der Waals surface area contributed by atoms with Crippen LogP contribution < -0.4 is 4.90 Å². The van der Waals surface area contributed by atoms with Gasteiger partial charge in [-0.25, -0.2) is 18.7 Å². The van der Waals surface area contributed by atoms with Crippen LogP contribution in [0.2, 0.25) is 0 Å². The van der Waals surface area contributed by atoms with Crippen molar-refractivity contribution in [3.05, 3.63) is 53.5 Å². The Labute approximate surface area is 151 Å². The lowest BCUT2D eigenvalue weighted by atomic mass is 10.1. The number of hydrogen-bond donors (Lipinski definition) is 0. The van der Waals surface area contributed by atoms with Crippen LogP contribution in [0.25, 0.3) is 0 Å². The van der Waals surface area contributed by atoms with E-state index in [0.717, 1.165) is 18.5 Å². The van der Waals surface area contributed by atoms with E-state index in [1.54, 1.807) is 4.90 Å². The first-order chi connectivity index (χ1) is 12.7. The monoisotopic (exact) mass is 386 g/mol. The molecule has 0 unspecified atom stereocenters. The Balaban J connectivity index is 1.61. The number of benzene rings is 1. The fourth-order valence-electron chi connectivity index (χ4n) is 2.80.